The lowest BCUT2D eigenvalue weighted by Gasteiger charge is -2.14. The van der Waals surface area contributed by atoms with E-state index in [0.717, 1.165) is 11.1 Å². The molecule has 2 aromatic carbocycles. The number of pyridine rings is 1. The number of halogens is 1. The Hall–Kier alpha value is -3.81. The van der Waals surface area contributed by atoms with Gasteiger partial charge in [-0.1, -0.05) is 12.1 Å². The number of aromatic nitrogens is 1. The van der Waals surface area contributed by atoms with Crippen LogP contribution >= 0.6 is 0 Å². The van der Waals surface area contributed by atoms with E-state index in [1.54, 1.807) is 42.6 Å². The van der Waals surface area contributed by atoms with Gasteiger partial charge in [-0.25, -0.2) is 9.37 Å². The number of carbonyl (C=O) groups excluding carboxylic acids is 1. The molecule has 0 fully saturated rings. The normalized spacial score (nSPS) is 10.3. The molecule has 0 radical (unpaired) electrons. The lowest BCUT2D eigenvalue weighted by Crippen LogP contribution is -2.24. The number of nitrogens with zero attached hydrogens (tertiary/aromatic N) is 1. The van der Waals surface area contributed by atoms with Gasteiger partial charge in [-0.2, -0.15) is 0 Å². The van der Waals surface area contributed by atoms with Crippen molar-refractivity contribution in [3.05, 3.63) is 71.7 Å². The minimum absolute atomic E-state index is 0.144. The third-order valence-electron chi connectivity index (χ3n) is 4.39. The smallest absolute Gasteiger partial charge is 0.224 e. The van der Waals surface area contributed by atoms with Gasteiger partial charge in [0.2, 0.25) is 17.5 Å². The Morgan fingerprint density at radius 1 is 0.968 bits per heavy atom. The molecular formula is C23H23FN2O5. The predicted octanol–water partition coefficient (Wildman–Crippen LogP) is 3.90. The van der Waals surface area contributed by atoms with Crippen molar-refractivity contribution in [3.63, 3.8) is 0 Å². The van der Waals surface area contributed by atoms with Gasteiger partial charge in [0.1, 0.15) is 11.6 Å². The van der Waals surface area contributed by atoms with Gasteiger partial charge in [-0.05, 0) is 35.4 Å². The molecule has 0 atom stereocenters. The van der Waals surface area contributed by atoms with E-state index >= 15 is 0 Å². The number of amides is 1. The fourth-order valence-electron chi connectivity index (χ4n) is 2.91. The number of hydrogen-bond donors (Lipinski definition) is 1. The molecule has 8 heteroatoms. The van der Waals surface area contributed by atoms with Crippen molar-refractivity contribution in [2.45, 2.75) is 13.0 Å². The standard InChI is InChI=1S/C23H23FN2O5/c1-28-19-9-16(10-20(29-2)23(19)30-3)11-21(27)25-13-15-7-8-22(26-14-15)31-18-6-4-5-17(24)12-18/h4-10,12,14H,11,13H2,1-3H3,(H,25,27). The average Bonchev–Trinajstić information content (AvgIpc) is 2.78. The summed E-state index contributed by atoms with van der Waals surface area (Å²) >= 11 is 0. The Balaban J connectivity index is 1.57. The van der Waals surface area contributed by atoms with Gasteiger partial charge in [-0.3, -0.25) is 4.79 Å². The Kier molecular flexibility index (Phi) is 7.26. The van der Waals surface area contributed by atoms with Gasteiger partial charge in [0.05, 0.1) is 27.8 Å². The van der Waals surface area contributed by atoms with Crippen LogP contribution in [0.25, 0.3) is 0 Å². The fourth-order valence-corrected chi connectivity index (χ4v) is 2.91. The molecule has 162 valence electrons. The van der Waals surface area contributed by atoms with E-state index in [4.69, 9.17) is 18.9 Å². The second-order valence-electron chi connectivity index (χ2n) is 6.55. The lowest BCUT2D eigenvalue weighted by atomic mass is 10.1. The number of carbonyl (C=O) groups is 1. The van der Waals surface area contributed by atoms with Crippen molar-refractivity contribution in [1.82, 2.24) is 10.3 Å². The molecule has 0 unspecified atom stereocenters. The van der Waals surface area contributed by atoms with Crippen molar-refractivity contribution < 1.29 is 28.1 Å². The van der Waals surface area contributed by atoms with Crippen molar-refractivity contribution in [3.8, 4) is 28.9 Å². The quantitative estimate of drug-likeness (QED) is 0.559. The van der Waals surface area contributed by atoms with Gasteiger partial charge in [0.15, 0.2) is 11.5 Å². The molecule has 3 aromatic rings. The highest BCUT2D eigenvalue weighted by molar-refractivity contribution is 5.79. The van der Waals surface area contributed by atoms with E-state index < -0.39 is 0 Å². The third kappa shape index (κ3) is 5.85. The highest BCUT2D eigenvalue weighted by atomic mass is 19.1. The molecule has 0 bridgehead atoms. The summed E-state index contributed by atoms with van der Waals surface area (Å²) in [7, 11) is 4.57. The summed E-state index contributed by atoms with van der Waals surface area (Å²) in [6.07, 6.45) is 1.74. The molecule has 0 spiro atoms. The number of nitrogens with one attached hydrogen (secondary N) is 1. The van der Waals surface area contributed by atoms with Crippen LogP contribution in [0.2, 0.25) is 0 Å². The van der Waals surface area contributed by atoms with Crippen LogP contribution in [0.1, 0.15) is 11.1 Å². The number of ether oxygens (including phenoxy) is 4. The Bertz CT molecular complexity index is 1020. The molecule has 0 aliphatic heterocycles. The van der Waals surface area contributed by atoms with Gasteiger partial charge < -0.3 is 24.3 Å². The summed E-state index contributed by atoms with van der Waals surface area (Å²) in [6, 6.07) is 12.7. The number of rotatable bonds is 9. The van der Waals surface area contributed by atoms with Crippen LogP contribution in [-0.2, 0) is 17.8 Å². The Morgan fingerprint density at radius 2 is 1.71 bits per heavy atom. The highest BCUT2D eigenvalue weighted by Crippen LogP contribution is 2.38. The number of methoxy groups -OCH3 is 3. The monoisotopic (exact) mass is 426 g/mol. The van der Waals surface area contributed by atoms with Crippen molar-refractivity contribution >= 4 is 5.91 Å². The average molecular weight is 426 g/mol. The van der Waals surface area contributed by atoms with Crippen LogP contribution in [0.4, 0.5) is 4.39 Å². The molecule has 0 aliphatic rings. The van der Waals surface area contributed by atoms with Crippen LogP contribution in [0, 0.1) is 5.82 Å². The fraction of sp³-hybridized carbons (Fsp3) is 0.217. The molecule has 7 nitrogen and oxygen atoms in total. The van der Waals surface area contributed by atoms with Crippen LogP contribution in [0.5, 0.6) is 28.9 Å². The summed E-state index contributed by atoms with van der Waals surface area (Å²) < 4.78 is 34.7. The molecule has 0 saturated carbocycles. The van der Waals surface area contributed by atoms with Crippen molar-refractivity contribution in [2.24, 2.45) is 0 Å². The SMILES string of the molecule is COc1cc(CC(=O)NCc2ccc(Oc3cccc(F)c3)nc2)cc(OC)c1OC. The number of benzene rings is 2. The first-order chi connectivity index (χ1) is 15.0. The van der Waals surface area contributed by atoms with Crippen LogP contribution in [0.3, 0.4) is 0 Å². The topological polar surface area (TPSA) is 78.9 Å². The summed E-state index contributed by atoms with van der Waals surface area (Å²) in [5.74, 6) is 1.58. The first kappa shape index (κ1) is 21.9. The second kappa shape index (κ2) is 10.3. The maximum atomic E-state index is 13.2. The molecule has 1 heterocycles. The van der Waals surface area contributed by atoms with Crippen molar-refractivity contribution in [2.75, 3.05) is 21.3 Å². The van der Waals surface area contributed by atoms with E-state index in [1.807, 2.05) is 0 Å². The first-order valence-corrected chi connectivity index (χ1v) is 9.46. The summed E-state index contributed by atoms with van der Waals surface area (Å²) in [5, 5.41) is 2.85. The zero-order chi connectivity index (χ0) is 22.2. The summed E-state index contributed by atoms with van der Waals surface area (Å²) in [6.45, 7) is 0.302. The zero-order valence-corrected chi connectivity index (χ0v) is 17.5. The second-order valence-corrected chi connectivity index (χ2v) is 6.55. The Morgan fingerprint density at radius 3 is 2.29 bits per heavy atom. The molecule has 0 aliphatic carbocycles. The van der Waals surface area contributed by atoms with E-state index in [0.29, 0.717) is 35.4 Å². The zero-order valence-electron chi connectivity index (χ0n) is 17.5. The Labute approximate surface area is 179 Å². The maximum Gasteiger partial charge on any atom is 0.224 e. The van der Waals surface area contributed by atoms with Gasteiger partial charge in [0.25, 0.3) is 0 Å². The van der Waals surface area contributed by atoms with Gasteiger partial charge >= 0.3 is 0 Å². The molecule has 1 aromatic heterocycles. The van der Waals surface area contributed by atoms with E-state index in [2.05, 4.69) is 10.3 Å². The maximum absolute atomic E-state index is 13.2. The van der Waals surface area contributed by atoms with Gasteiger partial charge in [-0.15, -0.1) is 0 Å². The molecule has 31 heavy (non-hydrogen) atoms. The summed E-state index contributed by atoms with van der Waals surface area (Å²) in [5.41, 5.74) is 1.52. The minimum atomic E-state index is -0.385. The third-order valence-corrected chi connectivity index (χ3v) is 4.39. The number of hydrogen-bond acceptors (Lipinski definition) is 6. The van der Waals surface area contributed by atoms with E-state index in [-0.39, 0.29) is 18.1 Å². The largest absolute Gasteiger partial charge is 0.493 e. The van der Waals surface area contributed by atoms with Crippen LogP contribution in [0.15, 0.2) is 54.7 Å². The molecule has 1 amide bonds. The lowest BCUT2D eigenvalue weighted by molar-refractivity contribution is -0.120. The first-order valence-electron chi connectivity index (χ1n) is 9.46. The summed E-state index contributed by atoms with van der Waals surface area (Å²) in [4.78, 5) is 16.6. The highest BCUT2D eigenvalue weighted by Gasteiger charge is 2.15. The van der Waals surface area contributed by atoms with E-state index in [1.165, 1.54) is 33.5 Å². The van der Waals surface area contributed by atoms with Crippen LogP contribution < -0.4 is 24.3 Å². The van der Waals surface area contributed by atoms with Crippen molar-refractivity contribution in [1.29, 1.82) is 0 Å². The van der Waals surface area contributed by atoms with Crippen LogP contribution in [-0.4, -0.2) is 32.2 Å². The molecule has 3 rings (SSSR count). The molecule has 0 saturated heterocycles. The minimum Gasteiger partial charge on any atom is -0.493 e. The molecule has 1 N–H and O–H groups in total. The van der Waals surface area contributed by atoms with Gasteiger partial charge in [0, 0.05) is 24.9 Å². The predicted molar refractivity (Wildman–Crippen MR) is 112 cm³/mol. The van der Waals surface area contributed by atoms with E-state index in [9.17, 15) is 9.18 Å². The molecular weight excluding hydrogens is 403 g/mol.